The van der Waals surface area contributed by atoms with Crippen LogP contribution in [0.4, 0.5) is 13.2 Å². The van der Waals surface area contributed by atoms with Crippen molar-refractivity contribution >= 4 is 28.5 Å². The molecule has 34 heavy (non-hydrogen) atoms. The number of pyridine rings is 1. The second kappa shape index (κ2) is 9.76. The molecule has 4 nitrogen and oxygen atoms in total. The van der Waals surface area contributed by atoms with Crippen LogP contribution in [0.3, 0.4) is 0 Å². The van der Waals surface area contributed by atoms with E-state index in [2.05, 4.69) is 4.98 Å². The quantitative estimate of drug-likeness (QED) is 0.313. The van der Waals surface area contributed by atoms with Crippen LogP contribution >= 0.6 is 22.6 Å². The first-order chi connectivity index (χ1) is 16.1. The maximum Gasteiger partial charge on any atom is 0.406 e. The molecule has 1 atom stereocenters. The number of hydrogen-bond acceptors (Lipinski definition) is 3. The highest BCUT2D eigenvalue weighted by Crippen LogP contribution is 2.47. The lowest BCUT2D eigenvalue weighted by Crippen LogP contribution is -2.47. The molecule has 0 aliphatic heterocycles. The molecule has 0 bridgehead atoms. The first-order valence-corrected chi connectivity index (χ1v) is 12.9. The Morgan fingerprint density at radius 3 is 2.21 bits per heavy atom. The number of halogens is 4. The highest BCUT2D eigenvalue weighted by molar-refractivity contribution is 14.1. The molecule has 1 amide bonds. The largest absolute Gasteiger partial charge is 0.406 e. The van der Waals surface area contributed by atoms with Crippen molar-refractivity contribution in [3.05, 3.63) is 65.5 Å². The summed E-state index contributed by atoms with van der Waals surface area (Å²) in [4.78, 5) is 20.0. The molecular weight excluding hydrogens is 556 g/mol. The summed E-state index contributed by atoms with van der Waals surface area (Å²) in [5.41, 5.74) is 1.38. The van der Waals surface area contributed by atoms with Crippen molar-refractivity contribution in [2.45, 2.75) is 79.0 Å². The fourth-order valence-corrected chi connectivity index (χ4v) is 5.54. The lowest BCUT2D eigenvalue weighted by Gasteiger charge is -2.43. The normalized spacial score (nSPS) is 24.9. The summed E-state index contributed by atoms with van der Waals surface area (Å²) in [6, 6.07) is 12.1. The number of amides is 1. The Morgan fingerprint density at radius 2 is 1.71 bits per heavy atom. The highest BCUT2D eigenvalue weighted by Gasteiger charge is 2.50. The van der Waals surface area contributed by atoms with Crippen LogP contribution in [-0.4, -0.2) is 45.8 Å². The minimum atomic E-state index is -4.38. The van der Waals surface area contributed by atoms with Gasteiger partial charge in [-0.15, -0.1) is 0 Å². The van der Waals surface area contributed by atoms with Gasteiger partial charge < -0.3 is 10.0 Å². The Hall–Kier alpha value is -1.68. The van der Waals surface area contributed by atoms with Crippen molar-refractivity contribution in [1.29, 1.82) is 0 Å². The van der Waals surface area contributed by atoms with Gasteiger partial charge in [0.2, 0.25) is 0 Å². The Labute approximate surface area is 212 Å². The second-order valence-corrected chi connectivity index (χ2v) is 11.9. The summed E-state index contributed by atoms with van der Waals surface area (Å²) in [5, 5.41) is 9.72. The van der Waals surface area contributed by atoms with Gasteiger partial charge in [-0.2, -0.15) is 13.2 Å². The predicted octanol–water partition coefficient (Wildman–Crippen LogP) is 6.16. The zero-order valence-corrected chi connectivity index (χ0v) is 21.3. The maximum absolute atomic E-state index is 13.5. The lowest BCUT2D eigenvalue weighted by atomic mass is 9.68. The third-order valence-electron chi connectivity index (χ3n) is 7.49. The Balaban J connectivity index is 1.51. The first kappa shape index (κ1) is 25.4. The fourth-order valence-electron chi connectivity index (χ4n) is 5.18. The standard InChI is InChI=1S/C26H30F3IN2O2/c1-24(30,26(27,28)29)19-7-5-18(6-8-19)23(34)32(20-9-10-20)21-11-13-25(14-12-21,15-17-33)22-4-2-3-16-31-22/h2-8,16,20-21,33H,9-15,17H2,1H3. The Morgan fingerprint density at radius 1 is 1.09 bits per heavy atom. The molecule has 0 radical (unpaired) electrons. The average Bonchev–Trinajstić information content (AvgIpc) is 3.65. The van der Waals surface area contributed by atoms with E-state index in [-0.39, 0.29) is 35.6 Å². The summed E-state index contributed by atoms with van der Waals surface area (Å²) in [6.45, 7) is 1.23. The molecule has 2 aliphatic carbocycles. The van der Waals surface area contributed by atoms with Gasteiger partial charge in [-0.05, 0) is 81.7 Å². The number of alkyl halides is 4. The van der Waals surface area contributed by atoms with Gasteiger partial charge >= 0.3 is 6.18 Å². The van der Waals surface area contributed by atoms with Gasteiger partial charge in [0.05, 0.1) is 0 Å². The van der Waals surface area contributed by atoms with E-state index in [1.54, 1.807) is 6.20 Å². The van der Waals surface area contributed by atoms with Crippen molar-refractivity contribution < 1.29 is 23.1 Å². The van der Waals surface area contributed by atoms with E-state index >= 15 is 0 Å². The fraction of sp³-hybridized carbons (Fsp3) is 0.538. The van der Waals surface area contributed by atoms with Gasteiger partial charge in [-0.1, -0.05) is 40.8 Å². The minimum absolute atomic E-state index is 0.0835. The van der Waals surface area contributed by atoms with Gasteiger partial charge in [-0.25, -0.2) is 0 Å². The zero-order valence-electron chi connectivity index (χ0n) is 19.2. The van der Waals surface area contributed by atoms with Crippen LogP contribution in [0, 0.1) is 0 Å². The molecule has 0 saturated heterocycles. The van der Waals surface area contributed by atoms with Crippen LogP contribution < -0.4 is 0 Å². The topological polar surface area (TPSA) is 53.4 Å². The summed E-state index contributed by atoms with van der Waals surface area (Å²) in [5.74, 6) is -0.103. The van der Waals surface area contributed by atoms with Crippen molar-refractivity contribution in [1.82, 2.24) is 9.88 Å². The molecular formula is C26H30F3IN2O2. The number of aromatic nitrogens is 1. The van der Waals surface area contributed by atoms with Crippen LogP contribution in [0.15, 0.2) is 48.7 Å². The van der Waals surface area contributed by atoms with Crippen LogP contribution in [-0.2, 0) is 8.84 Å². The van der Waals surface area contributed by atoms with Crippen molar-refractivity contribution in [2.24, 2.45) is 0 Å². The van der Waals surface area contributed by atoms with E-state index in [0.29, 0.717) is 12.0 Å². The molecule has 1 unspecified atom stereocenters. The van der Waals surface area contributed by atoms with Gasteiger partial charge in [-0.3, -0.25) is 9.78 Å². The SMILES string of the molecule is CC(I)(c1ccc(C(=O)N(C2CC2)C2CCC(CCO)(c3ccccn3)CC2)cc1)C(F)(F)F. The first-order valence-electron chi connectivity index (χ1n) is 11.8. The van der Waals surface area contributed by atoms with Gasteiger partial charge in [0.1, 0.15) is 3.42 Å². The minimum Gasteiger partial charge on any atom is -0.396 e. The molecule has 1 aromatic carbocycles. The molecule has 0 spiro atoms. The van der Waals surface area contributed by atoms with Crippen molar-refractivity contribution in [3.63, 3.8) is 0 Å². The monoisotopic (exact) mass is 586 g/mol. The molecule has 4 rings (SSSR count). The molecule has 184 valence electrons. The third-order valence-corrected chi connectivity index (χ3v) is 8.72. The third kappa shape index (κ3) is 4.98. The van der Waals surface area contributed by atoms with E-state index < -0.39 is 9.60 Å². The van der Waals surface area contributed by atoms with E-state index in [9.17, 15) is 23.1 Å². The smallest absolute Gasteiger partial charge is 0.396 e. The molecule has 2 aromatic rings. The second-order valence-electron chi connectivity index (χ2n) is 9.72. The predicted molar refractivity (Wildman–Crippen MR) is 133 cm³/mol. The number of carbonyl (C=O) groups excluding carboxylic acids is 1. The maximum atomic E-state index is 13.5. The van der Waals surface area contributed by atoms with Crippen molar-refractivity contribution in [2.75, 3.05) is 6.61 Å². The lowest BCUT2D eigenvalue weighted by molar-refractivity contribution is -0.152. The summed E-state index contributed by atoms with van der Waals surface area (Å²) in [7, 11) is 0. The Kier molecular flexibility index (Phi) is 7.29. The van der Waals surface area contributed by atoms with Gasteiger partial charge in [0.25, 0.3) is 5.91 Å². The molecule has 2 aliphatic rings. The average molecular weight is 586 g/mol. The number of aliphatic hydroxyl groups is 1. The summed E-state index contributed by atoms with van der Waals surface area (Å²) < 4.78 is 38.2. The Bertz CT molecular complexity index is 983. The molecule has 2 fully saturated rings. The molecule has 8 heteroatoms. The van der Waals surface area contributed by atoms with Gasteiger partial charge in [0.15, 0.2) is 0 Å². The number of hydrogen-bond donors (Lipinski definition) is 1. The number of nitrogens with zero attached hydrogens (tertiary/aromatic N) is 2. The van der Waals surface area contributed by atoms with E-state index in [0.717, 1.165) is 51.1 Å². The molecule has 1 N–H and O–H groups in total. The summed E-state index contributed by atoms with van der Waals surface area (Å²) >= 11 is 1.42. The highest BCUT2D eigenvalue weighted by atomic mass is 127. The number of carbonyl (C=O) groups is 1. The van der Waals surface area contributed by atoms with Crippen LogP contribution in [0.2, 0.25) is 0 Å². The number of benzene rings is 1. The number of rotatable bonds is 7. The van der Waals surface area contributed by atoms with Gasteiger partial charge in [0, 0.05) is 41.6 Å². The van der Waals surface area contributed by atoms with E-state index in [1.165, 1.54) is 46.9 Å². The van der Waals surface area contributed by atoms with E-state index in [1.807, 2.05) is 23.1 Å². The zero-order chi connectivity index (χ0) is 24.6. The van der Waals surface area contributed by atoms with E-state index in [4.69, 9.17) is 0 Å². The molecule has 1 heterocycles. The van der Waals surface area contributed by atoms with Crippen LogP contribution in [0.25, 0.3) is 0 Å². The van der Waals surface area contributed by atoms with Crippen LogP contribution in [0.1, 0.15) is 73.5 Å². The summed E-state index contributed by atoms with van der Waals surface area (Å²) in [6.07, 6.45) is 3.27. The van der Waals surface area contributed by atoms with Crippen LogP contribution in [0.5, 0.6) is 0 Å². The molecule has 2 saturated carbocycles. The van der Waals surface area contributed by atoms with Crippen molar-refractivity contribution in [3.8, 4) is 0 Å². The number of aliphatic hydroxyl groups excluding tert-OH is 1. The molecule has 1 aromatic heterocycles.